The summed E-state index contributed by atoms with van der Waals surface area (Å²) in [6.45, 7) is 1.34. The summed E-state index contributed by atoms with van der Waals surface area (Å²) in [7, 11) is 0. The average Bonchev–Trinajstić information content (AvgIpc) is 2.61. The molecule has 2 aromatic rings. The molecule has 1 aliphatic heterocycles. The number of carbonyl (C=O) groups excluding carboxylic acids is 1. The van der Waals surface area contributed by atoms with Gasteiger partial charge in [0.05, 0.1) is 6.04 Å². The van der Waals surface area contributed by atoms with Gasteiger partial charge < -0.3 is 9.64 Å². The summed E-state index contributed by atoms with van der Waals surface area (Å²) in [6, 6.07) is 14.1. The lowest BCUT2D eigenvalue weighted by Crippen LogP contribution is -2.32. The van der Waals surface area contributed by atoms with E-state index < -0.39 is 0 Å². The summed E-state index contributed by atoms with van der Waals surface area (Å²) < 4.78 is 5.69. The molecule has 1 fully saturated rings. The fourth-order valence-electron chi connectivity index (χ4n) is 2.84. The van der Waals surface area contributed by atoms with Gasteiger partial charge in [-0.15, -0.1) is 0 Å². The van der Waals surface area contributed by atoms with Crippen molar-refractivity contribution < 1.29 is 9.53 Å². The van der Waals surface area contributed by atoms with Crippen LogP contribution in [0.3, 0.4) is 0 Å². The summed E-state index contributed by atoms with van der Waals surface area (Å²) >= 11 is 0. The first-order chi connectivity index (χ1) is 10.9. The maximum Gasteiger partial charge on any atom is 0.213 e. The Kier molecular flexibility index (Phi) is 4.68. The number of amides is 1. The fraction of sp³-hybridized carbons (Fsp3) is 0.333. The Hall–Kier alpha value is -2.36. The molecule has 22 heavy (non-hydrogen) atoms. The van der Waals surface area contributed by atoms with Crippen molar-refractivity contribution in [3.05, 3.63) is 59.8 Å². The second-order valence-corrected chi connectivity index (χ2v) is 5.56. The number of ether oxygens (including phenoxy) is 1. The van der Waals surface area contributed by atoms with Gasteiger partial charge in [-0.1, -0.05) is 36.4 Å². The number of piperidine rings is 1. The minimum Gasteiger partial charge on any atom is -0.473 e. The van der Waals surface area contributed by atoms with Gasteiger partial charge in [-0.05, 0) is 30.4 Å². The summed E-state index contributed by atoms with van der Waals surface area (Å²) in [6.07, 6.45) is 6.02. The molecule has 0 unspecified atom stereocenters. The van der Waals surface area contributed by atoms with Crippen molar-refractivity contribution in [2.24, 2.45) is 0 Å². The second kappa shape index (κ2) is 7.07. The van der Waals surface area contributed by atoms with Crippen molar-refractivity contribution in [3.63, 3.8) is 0 Å². The highest BCUT2D eigenvalue weighted by molar-refractivity contribution is 5.49. The van der Waals surface area contributed by atoms with E-state index in [4.69, 9.17) is 4.74 Å². The smallest absolute Gasteiger partial charge is 0.213 e. The maximum atomic E-state index is 11.2. The van der Waals surface area contributed by atoms with Crippen LogP contribution in [0.2, 0.25) is 0 Å². The zero-order valence-electron chi connectivity index (χ0n) is 12.5. The molecule has 1 aromatic heterocycles. The number of aromatic nitrogens is 1. The van der Waals surface area contributed by atoms with E-state index in [9.17, 15) is 4.79 Å². The Morgan fingerprint density at radius 1 is 1.18 bits per heavy atom. The number of hydrogen-bond acceptors (Lipinski definition) is 3. The van der Waals surface area contributed by atoms with Gasteiger partial charge in [-0.3, -0.25) is 4.79 Å². The van der Waals surface area contributed by atoms with Gasteiger partial charge >= 0.3 is 0 Å². The number of carbonyl (C=O) groups is 1. The van der Waals surface area contributed by atoms with Gasteiger partial charge in [0, 0.05) is 18.8 Å². The van der Waals surface area contributed by atoms with Gasteiger partial charge in [0.1, 0.15) is 6.61 Å². The molecule has 0 radical (unpaired) electrons. The third-order valence-corrected chi connectivity index (χ3v) is 4.05. The SMILES string of the molecule is O=CN1CCCC[C@@H]1c1ccc(OCc2ccccc2)nc1. The highest BCUT2D eigenvalue weighted by Gasteiger charge is 2.22. The van der Waals surface area contributed by atoms with Crippen LogP contribution in [0.4, 0.5) is 0 Å². The molecule has 4 nitrogen and oxygen atoms in total. The Bertz CT molecular complexity index is 598. The van der Waals surface area contributed by atoms with E-state index in [1.807, 2.05) is 53.6 Å². The first kappa shape index (κ1) is 14.6. The second-order valence-electron chi connectivity index (χ2n) is 5.56. The number of likely N-dealkylation sites (tertiary alicyclic amines) is 1. The van der Waals surface area contributed by atoms with Crippen LogP contribution in [-0.2, 0) is 11.4 Å². The van der Waals surface area contributed by atoms with Crippen LogP contribution in [0, 0.1) is 0 Å². The van der Waals surface area contributed by atoms with Crippen LogP contribution in [0.15, 0.2) is 48.7 Å². The quantitative estimate of drug-likeness (QED) is 0.795. The third kappa shape index (κ3) is 3.45. The van der Waals surface area contributed by atoms with Crippen molar-refractivity contribution in [3.8, 4) is 5.88 Å². The Labute approximate surface area is 130 Å². The molecule has 0 bridgehead atoms. The Morgan fingerprint density at radius 3 is 2.77 bits per heavy atom. The van der Waals surface area contributed by atoms with E-state index in [0.29, 0.717) is 12.5 Å². The fourth-order valence-corrected chi connectivity index (χ4v) is 2.84. The van der Waals surface area contributed by atoms with E-state index in [-0.39, 0.29) is 6.04 Å². The van der Waals surface area contributed by atoms with Crippen LogP contribution in [0.25, 0.3) is 0 Å². The molecule has 114 valence electrons. The average molecular weight is 296 g/mol. The van der Waals surface area contributed by atoms with Crippen molar-refractivity contribution in [1.82, 2.24) is 9.88 Å². The van der Waals surface area contributed by atoms with Gasteiger partial charge in [0.25, 0.3) is 0 Å². The predicted molar refractivity (Wildman–Crippen MR) is 84.4 cm³/mol. The first-order valence-corrected chi connectivity index (χ1v) is 7.70. The van der Waals surface area contributed by atoms with Crippen LogP contribution in [0.5, 0.6) is 5.88 Å². The summed E-state index contributed by atoms with van der Waals surface area (Å²) in [5.41, 5.74) is 2.20. The molecule has 1 saturated heterocycles. The van der Waals surface area contributed by atoms with Gasteiger partial charge in [-0.2, -0.15) is 0 Å². The molecule has 1 amide bonds. The topological polar surface area (TPSA) is 42.4 Å². The molecule has 0 saturated carbocycles. The molecule has 0 N–H and O–H groups in total. The molecule has 0 aliphatic carbocycles. The van der Waals surface area contributed by atoms with Crippen LogP contribution in [0.1, 0.15) is 36.4 Å². The van der Waals surface area contributed by atoms with E-state index in [1.54, 1.807) is 0 Å². The van der Waals surface area contributed by atoms with Crippen molar-refractivity contribution in [2.45, 2.75) is 31.9 Å². The van der Waals surface area contributed by atoms with E-state index >= 15 is 0 Å². The zero-order chi connectivity index (χ0) is 15.2. The molecule has 1 aromatic carbocycles. The molecular weight excluding hydrogens is 276 g/mol. The number of pyridine rings is 1. The summed E-state index contributed by atoms with van der Waals surface area (Å²) in [4.78, 5) is 17.4. The van der Waals surface area contributed by atoms with E-state index in [1.165, 1.54) is 0 Å². The lowest BCUT2D eigenvalue weighted by atomic mass is 9.97. The number of nitrogens with zero attached hydrogens (tertiary/aromatic N) is 2. The lowest BCUT2D eigenvalue weighted by molar-refractivity contribution is -0.121. The first-order valence-electron chi connectivity index (χ1n) is 7.70. The van der Waals surface area contributed by atoms with Crippen LogP contribution in [-0.4, -0.2) is 22.8 Å². The van der Waals surface area contributed by atoms with Gasteiger partial charge in [0.15, 0.2) is 0 Å². The zero-order valence-corrected chi connectivity index (χ0v) is 12.5. The molecular formula is C18H20N2O2. The van der Waals surface area contributed by atoms with E-state index in [2.05, 4.69) is 4.98 Å². The van der Waals surface area contributed by atoms with Gasteiger partial charge in [-0.25, -0.2) is 4.98 Å². The van der Waals surface area contributed by atoms with Gasteiger partial charge in [0.2, 0.25) is 12.3 Å². The van der Waals surface area contributed by atoms with Crippen molar-refractivity contribution in [1.29, 1.82) is 0 Å². The van der Waals surface area contributed by atoms with E-state index in [0.717, 1.165) is 43.3 Å². The van der Waals surface area contributed by atoms with Crippen molar-refractivity contribution >= 4 is 6.41 Å². The number of rotatable bonds is 5. The summed E-state index contributed by atoms with van der Waals surface area (Å²) in [5, 5.41) is 0. The van der Waals surface area contributed by atoms with Crippen molar-refractivity contribution in [2.75, 3.05) is 6.54 Å². The standard InChI is InChI=1S/C18H20N2O2/c21-14-20-11-5-4-8-17(20)16-9-10-18(19-12-16)22-13-15-6-2-1-3-7-15/h1-3,6-7,9-10,12,14,17H,4-5,8,11,13H2/t17-/m1/s1. The molecule has 1 aliphatic rings. The minimum atomic E-state index is 0.155. The largest absolute Gasteiger partial charge is 0.473 e. The molecule has 0 spiro atoms. The number of benzene rings is 1. The Balaban J connectivity index is 1.63. The molecule has 1 atom stereocenters. The third-order valence-electron chi connectivity index (χ3n) is 4.05. The summed E-state index contributed by atoms with van der Waals surface area (Å²) in [5.74, 6) is 0.612. The predicted octanol–water partition coefficient (Wildman–Crippen LogP) is 3.34. The monoisotopic (exact) mass is 296 g/mol. The normalized spacial score (nSPS) is 18.0. The molecule has 4 heteroatoms. The van der Waals surface area contributed by atoms with Crippen LogP contribution < -0.4 is 4.74 Å². The Morgan fingerprint density at radius 2 is 2.05 bits per heavy atom. The highest BCUT2D eigenvalue weighted by atomic mass is 16.5. The molecule has 2 heterocycles. The molecule has 3 rings (SSSR count). The minimum absolute atomic E-state index is 0.155. The highest BCUT2D eigenvalue weighted by Crippen LogP contribution is 2.29. The lowest BCUT2D eigenvalue weighted by Gasteiger charge is -2.32. The van der Waals surface area contributed by atoms with Crippen LogP contribution >= 0.6 is 0 Å². The maximum absolute atomic E-state index is 11.2. The number of hydrogen-bond donors (Lipinski definition) is 0.